The molecule has 24 heavy (non-hydrogen) atoms. The lowest BCUT2D eigenvalue weighted by Crippen LogP contribution is -2.41. The molecule has 0 saturated carbocycles. The van der Waals surface area contributed by atoms with E-state index in [1.54, 1.807) is 7.11 Å². The van der Waals surface area contributed by atoms with Gasteiger partial charge in [0.05, 0.1) is 32.8 Å². The second kappa shape index (κ2) is 7.94. The average Bonchev–Trinajstić information content (AvgIpc) is 3.10. The smallest absolute Gasteiger partial charge is 0.222 e. The predicted molar refractivity (Wildman–Crippen MR) is 87.6 cm³/mol. The molecule has 2 heterocycles. The first-order chi connectivity index (χ1) is 11.7. The van der Waals surface area contributed by atoms with Crippen LogP contribution in [0.3, 0.4) is 0 Å². The Kier molecular flexibility index (Phi) is 5.45. The highest BCUT2D eigenvalue weighted by Gasteiger charge is 2.17. The van der Waals surface area contributed by atoms with Crippen molar-refractivity contribution in [1.82, 2.24) is 15.8 Å². The van der Waals surface area contributed by atoms with Crippen LogP contribution in [0.4, 0.5) is 0 Å². The molecule has 128 valence electrons. The highest BCUT2D eigenvalue weighted by atomic mass is 16.5. The molecule has 1 aromatic heterocycles. The monoisotopic (exact) mass is 331 g/mol. The maximum Gasteiger partial charge on any atom is 0.222 e. The second-order valence-corrected chi connectivity index (χ2v) is 5.59. The molecule has 3 rings (SSSR count). The molecule has 1 amide bonds. The number of hydrogen-bond donors (Lipinski definition) is 2. The summed E-state index contributed by atoms with van der Waals surface area (Å²) in [4.78, 5) is 12.0. The van der Waals surface area contributed by atoms with Crippen molar-refractivity contribution in [2.24, 2.45) is 0 Å². The summed E-state index contributed by atoms with van der Waals surface area (Å²) in [6, 6.07) is 9.35. The predicted octanol–water partition coefficient (Wildman–Crippen LogP) is 1.34. The molecule has 0 unspecified atom stereocenters. The molecule has 1 fully saturated rings. The molecule has 2 aromatic rings. The van der Waals surface area contributed by atoms with Crippen LogP contribution in [0.15, 0.2) is 34.9 Å². The quantitative estimate of drug-likeness (QED) is 0.831. The standard InChI is InChI=1S/C17H21N3O4/c1-22-14-4-2-3-12(7-14)16-8-13(20-24-16)10-19-17(21)9-15-11-18-5-6-23-15/h2-4,7-8,15,18H,5-6,9-11H2,1H3,(H,19,21)/t15-/m1/s1. The Morgan fingerprint density at radius 3 is 3.17 bits per heavy atom. The van der Waals surface area contributed by atoms with E-state index >= 15 is 0 Å². The molecular weight excluding hydrogens is 310 g/mol. The molecule has 1 atom stereocenters. The second-order valence-electron chi connectivity index (χ2n) is 5.59. The molecule has 7 heteroatoms. The lowest BCUT2D eigenvalue weighted by atomic mass is 10.1. The van der Waals surface area contributed by atoms with Gasteiger partial charge < -0.3 is 24.6 Å². The number of carbonyl (C=O) groups excluding carboxylic acids is 1. The third kappa shape index (κ3) is 4.33. The Hall–Kier alpha value is -2.38. The molecule has 0 spiro atoms. The van der Waals surface area contributed by atoms with E-state index in [1.165, 1.54) is 0 Å². The van der Waals surface area contributed by atoms with Gasteiger partial charge in [0.1, 0.15) is 11.4 Å². The molecule has 1 saturated heterocycles. The Bertz CT molecular complexity index is 680. The van der Waals surface area contributed by atoms with Gasteiger partial charge in [-0.25, -0.2) is 0 Å². The molecule has 2 N–H and O–H groups in total. The molecule has 1 aliphatic heterocycles. The van der Waals surface area contributed by atoms with Gasteiger partial charge in [-0.15, -0.1) is 0 Å². The summed E-state index contributed by atoms with van der Waals surface area (Å²) in [6.45, 7) is 2.51. The number of hydrogen-bond acceptors (Lipinski definition) is 6. The number of carbonyl (C=O) groups is 1. The molecular formula is C17H21N3O4. The van der Waals surface area contributed by atoms with E-state index in [0.717, 1.165) is 17.9 Å². The van der Waals surface area contributed by atoms with Crippen LogP contribution in [0, 0.1) is 0 Å². The van der Waals surface area contributed by atoms with Gasteiger partial charge in [-0.2, -0.15) is 0 Å². The topological polar surface area (TPSA) is 85.6 Å². The van der Waals surface area contributed by atoms with Gasteiger partial charge in [-0.3, -0.25) is 4.79 Å². The number of ether oxygens (including phenoxy) is 2. The summed E-state index contributed by atoms with van der Waals surface area (Å²) in [5.41, 5.74) is 1.55. The van der Waals surface area contributed by atoms with Crippen molar-refractivity contribution in [3.05, 3.63) is 36.0 Å². The fourth-order valence-corrected chi connectivity index (χ4v) is 2.53. The summed E-state index contributed by atoms with van der Waals surface area (Å²) in [5, 5.41) is 10.0. The van der Waals surface area contributed by atoms with Gasteiger partial charge in [-0.05, 0) is 12.1 Å². The van der Waals surface area contributed by atoms with Gasteiger partial charge in [0, 0.05) is 24.7 Å². The van der Waals surface area contributed by atoms with Crippen LogP contribution in [0.25, 0.3) is 11.3 Å². The molecule has 0 bridgehead atoms. The fourth-order valence-electron chi connectivity index (χ4n) is 2.53. The van der Waals surface area contributed by atoms with Crippen LogP contribution in [0.2, 0.25) is 0 Å². The zero-order valence-corrected chi connectivity index (χ0v) is 13.6. The maximum atomic E-state index is 12.0. The highest BCUT2D eigenvalue weighted by molar-refractivity contribution is 5.76. The first-order valence-electron chi connectivity index (χ1n) is 7.93. The van der Waals surface area contributed by atoms with E-state index < -0.39 is 0 Å². The number of benzene rings is 1. The Morgan fingerprint density at radius 1 is 1.46 bits per heavy atom. The van der Waals surface area contributed by atoms with E-state index in [-0.39, 0.29) is 12.0 Å². The van der Waals surface area contributed by atoms with Crippen molar-refractivity contribution in [2.45, 2.75) is 19.1 Å². The third-order valence-electron chi connectivity index (χ3n) is 3.80. The lowest BCUT2D eigenvalue weighted by Gasteiger charge is -2.22. The van der Waals surface area contributed by atoms with Crippen LogP contribution in [-0.2, 0) is 16.1 Å². The number of amides is 1. The number of nitrogens with one attached hydrogen (secondary N) is 2. The Balaban J connectivity index is 1.53. The van der Waals surface area contributed by atoms with Gasteiger partial charge in [-0.1, -0.05) is 17.3 Å². The number of nitrogens with zero attached hydrogens (tertiary/aromatic N) is 1. The average molecular weight is 331 g/mol. The fraction of sp³-hybridized carbons (Fsp3) is 0.412. The van der Waals surface area contributed by atoms with Crippen LogP contribution in [0.5, 0.6) is 5.75 Å². The first-order valence-corrected chi connectivity index (χ1v) is 7.93. The molecule has 7 nitrogen and oxygen atoms in total. The van der Waals surface area contributed by atoms with Crippen molar-refractivity contribution in [3.8, 4) is 17.1 Å². The van der Waals surface area contributed by atoms with Crippen molar-refractivity contribution in [1.29, 1.82) is 0 Å². The Labute approximate surface area is 140 Å². The molecule has 0 radical (unpaired) electrons. The van der Waals surface area contributed by atoms with Crippen molar-refractivity contribution < 1.29 is 18.8 Å². The lowest BCUT2D eigenvalue weighted by molar-refractivity contribution is -0.124. The zero-order valence-electron chi connectivity index (χ0n) is 13.6. The molecule has 0 aliphatic carbocycles. The van der Waals surface area contributed by atoms with Gasteiger partial charge >= 0.3 is 0 Å². The van der Waals surface area contributed by atoms with E-state index in [0.29, 0.717) is 37.6 Å². The number of methoxy groups -OCH3 is 1. The largest absolute Gasteiger partial charge is 0.497 e. The van der Waals surface area contributed by atoms with Gasteiger partial charge in [0.15, 0.2) is 5.76 Å². The summed E-state index contributed by atoms with van der Waals surface area (Å²) >= 11 is 0. The zero-order chi connectivity index (χ0) is 16.8. The van der Waals surface area contributed by atoms with Crippen LogP contribution in [-0.4, -0.2) is 44.0 Å². The normalized spacial score (nSPS) is 17.5. The summed E-state index contributed by atoms with van der Waals surface area (Å²) in [7, 11) is 1.62. The van der Waals surface area contributed by atoms with Gasteiger partial charge in [0.2, 0.25) is 5.91 Å². The van der Waals surface area contributed by atoms with Crippen LogP contribution < -0.4 is 15.4 Å². The summed E-state index contributed by atoms with van der Waals surface area (Å²) in [5.74, 6) is 1.33. The van der Waals surface area contributed by atoms with Crippen molar-refractivity contribution in [3.63, 3.8) is 0 Å². The third-order valence-corrected chi connectivity index (χ3v) is 3.80. The highest BCUT2D eigenvalue weighted by Crippen LogP contribution is 2.24. The van der Waals surface area contributed by atoms with Crippen LogP contribution >= 0.6 is 0 Å². The Morgan fingerprint density at radius 2 is 2.38 bits per heavy atom. The molecule has 1 aromatic carbocycles. The number of rotatable bonds is 6. The number of aromatic nitrogens is 1. The summed E-state index contributed by atoms with van der Waals surface area (Å²) in [6.07, 6.45) is 0.275. The molecule has 1 aliphatic rings. The van der Waals surface area contributed by atoms with E-state index in [2.05, 4.69) is 15.8 Å². The van der Waals surface area contributed by atoms with Crippen molar-refractivity contribution in [2.75, 3.05) is 26.8 Å². The van der Waals surface area contributed by atoms with Crippen LogP contribution in [0.1, 0.15) is 12.1 Å². The number of morpholine rings is 1. The SMILES string of the molecule is COc1cccc(-c2cc(CNC(=O)C[C@@H]3CNCCO3)no2)c1. The van der Waals surface area contributed by atoms with E-state index in [9.17, 15) is 4.79 Å². The first kappa shape index (κ1) is 16.5. The minimum atomic E-state index is -0.0663. The van der Waals surface area contributed by atoms with Crippen molar-refractivity contribution >= 4 is 5.91 Å². The van der Waals surface area contributed by atoms with E-state index in [4.69, 9.17) is 14.0 Å². The minimum Gasteiger partial charge on any atom is -0.497 e. The van der Waals surface area contributed by atoms with Gasteiger partial charge in [0.25, 0.3) is 0 Å². The maximum absolute atomic E-state index is 12.0. The summed E-state index contributed by atoms with van der Waals surface area (Å²) < 4.78 is 16.1. The van der Waals surface area contributed by atoms with E-state index in [1.807, 2.05) is 30.3 Å². The minimum absolute atomic E-state index is 0.0605.